The molecule has 0 radical (unpaired) electrons. The summed E-state index contributed by atoms with van der Waals surface area (Å²) in [7, 11) is 1.39. The lowest BCUT2D eigenvalue weighted by molar-refractivity contribution is 0.111. The molecule has 1 heterocycles. The van der Waals surface area contributed by atoms with Crippen molar-refractivity contribution in [2.24, 2.45) is 0 Å². The number of hydrogen-bond donors (Lipinski definition) is 2. The van der Waals surface area contributed by atoms with Gasteiger partial charge < -0.3 is 15.4 Å². The quantitative estimate of drug-likeness (QED) is 0.504. The van der Waals surface area contributed by atoms with Crippen molar-refractivity contribution < 1.29 is 26.7 Å². The normalized spacial score (nSPS) is 22.8. The first-order valence-electron chi connectivity index (χ1n) is 5.48. The molecule has 1 aromatic rings. The lowest BCUT2D eigenvalue weighted by Crippen LogP contribution is -2.34. The van der Waals surface area contributed by atoms with Crippen LogP contribution < -0.4 is 10.6 Å². The average molecular weight is 282 g/mol. The molecule has 0 saturated carbocycles. The van der Waals surface area contributed by atoms with Gasteiger partial charge in [-0.25, -0.2) is 22.0 Å². The largest absolute Gasteiger partial charge is 0.378 e. The van der Waals surface area contributed by atoms with Crippen LogP contribution >= 0.6 is 0 Å². The molecular formula is C11H11F5N2O. The minimum absolute atomic E-state index is 0.290. The highest BCUT2D eigenvalue weighted by atomic mass is 19.2. The first kappa shape index (κ1) is 14.0. The van der Waals surface area contributed by atoms with Gasteiger partial charge in [0.2, 0.25) is 5.82 Å². The third kappa shape index (κ3) is 2.37. The molecular weight excluding hydrogens is 271 g/mol. The zero-order chi connectivity index (χ0) is 14.2. The van der Waals surface area contributed by atoms with E-state index in [0.717, 1.165) is 0 Å². The summed E-state index contributed by atoms with van der Waals surface area (Å²) in [6, 6.07) is -0.585. The van der Waals surface area contributed by atoms with Crippen LogP contribution in [0.1, 0.15) is 0 Å². The highest BCUT2D eigenvalue weighted by Crippen LogP contribution is 2.28. The summed E-state index contributed by atoms with van der Waals surface area (Å²) in [4.78, 5) is 0. The summed E-state index contributed by atoms with van der Waals surface area (Å²) in [5, 5.41) is 5.18. The van der Waals surface area contributed by atoms with Crippen molar-refractivity contribution in [3.8, 4) is 0 Å². The summed E-state index contributed by atoms with van der Waals surface area (Å²) in [6.07, 6.45) is -0.421. The minimum Gasteiger partial charge on any atom is -0.378 e. The van der Waals surface area contributed by atoms with Crippen LogP contribution in [0.3, 0.4) is 0 Å². The molecule has 1 aliphatic heterocycles. The molecule has 1 aromatic carbocycles. The molecule has 0 amide bonds. The van der Waals surface area contributed by atoms with E-state index in [-0.39, 0.29) is 6.54 Å². The number of halogens is 5. The monoisotopic (exact) mass is 282 g/mol. The van der Waals surface area contributed by atoms with Crippen LogP contribution in [0.2, 0.25) is 0 Å². The lowest BCUT2D eigenvalue weighted by Gasteiger charge is -2.20. The molecule has 2 atom stereocenters. The van der Waals surface area contributed by atoms with Gasteiger partial charge in [0.1, 0.15) is 5.69 Å². The summed E-state index contributed by atoms with van der Waals surface area (Å²) in [5.74, 6) is -9.87. The van der Waals surface area contributed by atoms with Crippen molar-refractivity contribution in [3.05, 3.63) is 29.1 Å². The molecule has 0 aliphatic carbocycles. The standard InChI is InChI=1S/C11H11F5N2O/c1-19-5-3-17-2-4(5)18-11-9(15)7(13)6(12)8(14)10(11)16/h4-5,17-18H,2-3H2,1H3/t4?,5-/m0/s1. The van der Waals surface area contributed by atoms with E-state index in [1.807, 2.05) is 0 Å². The van der Waals surface area contributed by atoms with Crippen LogP contribution in [0.5, 0.6) is 0 Å². The molecule has 1 unspecified atom stereocenters. The van der Waals surface area contributed by atoms with E-state index in [0.29, 0.717) is 6.54 Å². The van der Waals surface area contributed by atoms with E-state index < -0.39 is 46.9 Å². The van der Waals surface area contributed by atoms with Crippen molar-refractivity contribution in [1.82, 2.24) is 5.32 Å². The molecule has 8 heteroatoms. The van der Waals surface area contributed by atoms with Gasteiger partial charge in [-0.2, -0.15) is 0 Å². The van der Waals surface area contributed by atoms with Gasteiger partial charge in [-0.15, -0.1) is 0 Å². The van der Waals surface area contributed by atoms with Crippen LogP contribution in [-0.2, 0) is 4.74 Å². The number of rotatable bonds is 3. The predicted molar refractivity (Wildman–Crippen MR) is 57.3 cm³/mol. The fourth-order valence-electron chi connectivity index (χ4n) is 1.96. The minimum atomic E-state index is -2.17. The second-order valence-corrected chi connectivity index (χ2v) is 4.13. The van der Waals surface area contributed by atoms with Crippen molar-refractivity contribution >= 4 is 5.69 Å². The van der Waals surface area contributed by atoms with Gasteiger partial charge in [0.25, 0.3) is 0 Å². The predicted octanol–water partition coefficient (Wildman–Crippen LogP) is 1.78. The second-order valence-electron chi connectivity index (χ2n) is 4.13. The molecule has 0 bridgehead atoms. The Morgan fingerprint density at radius 2 is 1.47 bits per heavy atom. The SMILES string of the molecule is CO[C@H]1CNCC1Nc1c(F)c(F)c(F)c(F)c1F. The van der Waals surface area contributed by atoms with E-state index in [2.05, 4.69) is 10.6 Å². The average Bonchev–Trinajstić information content (AvgIpc) is 2.86. The highest BCUT2D eigenvalue weighted by Gasteiger charge is 2.31. The Hall–Kier alpha value is -1.41. The third-order valence-electron chi connectivity index (χ3n) is 3.00. The molecule has 2 N–H and O–H groups in total. The van der Waals surface area contributed by atoms with Crippen LogP contribution in [0.15, 0.2) is 0 Å². The van der Waals surface area contributed by atoms with Crippen LogP contribution in [0, 0.1) is 29.1 Å². The molecule has 1 fully saturated rings. The number of benzene rings is 1. The van der Waals surface area contributed by atoms with E-state index in [4.69, 9.17) is 4.74 Å². The van der Waals surface area contributed by atoms with Gasteiger partial charge >= 0.3 is 0 Å². The van der Waals surface area contributed by atoms with E-state index in [1.54, 1.807) is 0 Å². The summed E-state index contributed by atoms with van der Waals surface area (Å²) < 4.78 is 70.8. The van der Waals surface area contributed by atoms with Gasteiger partial charge in [0.15, 0.2) is 23.3 Å². The summed E-state index contributed by atoms with van der Waals surface area (Å²) >= 11 is 0. The fraction of sp³-hybridized carbons (Fsp3) is 0.455. The summed E-state index contributed by atoms with van der Waals surface area (Å²) in [5.41, 5.74) is -1.04. The topological polar surface area (TPSA) is 33.3 Å². The molecule has 106 valence electrons. The van der Waals surface area contributed by atoms with Crippen LogP contribution in [0.4, 0.5) is 27.6 Å². The first-order chi connectivity index (χ1) is 8.97. The highest BCUT2D eigenvalue weighted by molar-refractivity contribution is 5.49. The van der Waals surface area contributed by atoms with Crippen molar-refractivity contribution in [1.29, 1.82) is 0 Å². The van der Waals surface area contributed by atoms with Gasteiger partial charge in [-0.05, 0) is 0 Å². The maximum atomic E-state index is 13.4. The number of anilines is 1. The van der Waals surface area contributed by atoms with E-state index >= 15 is 0 Å². The lowest BCUT2D eigenvalue weighted by atomic mass is 10.1. The Labute approximate surface area is 105 Å². The van der Waals surface area contributed by atoms with E-state index in [9.17, 15) is 22.0 Å². The maximum absolute atomic E-state index is 13.4. The number of nitrogens with one attached hydrogen (secondary N) is 2. The Morgan fingerprint density at radius 1 is 0.947 bits per heavy atom. The number of methoxy groups -OCH3 is 1. The Balaban J connectivity index is 2.35. The smallest absolute Gasteiger partial charge is 0.200 e. The van der Waals surface area contributed by atoms with Crippen molar-refractivity contribution in [2.45, 2.75) is 12.1 Å². The molecule has 0 aromatic heterocycles. The Morgan fingerprint density at radius 3 is 2.00 bits per heavy atom. The first-order valence-corrected chi connectivity index (χ1v) is 5.48. The van der Waals surface area contributed by atoms with Gasteiger partial charge in [0.05, 0.1) is 12.1 Å². The van der Waals surface area contributed by atoms with Crippen LogP contribution in [-0.4, -0.2) is 32.3 Å². The van der Waals surface area contributed by atoms with E-state index in [1.165, 1.54) is 7.11 Å². The molecule has 2 rings (SSSR count). The van der Waals surface area contributed by atoms with Crippen LogP contribution in [0.25, 0.3) is 0 Å². The molecule has 19 heavy (non-hydrogen) atoms. The zero-order valence-electron chi connectivity index (χ0n) is 9.87. The molecule has 1 aliphatic rings. The molecule has 3 nitrogen and oxygen atoms in total. The maximum Gasteiger partial charge on any atom is 0.200 e. The number of ether oxygens (including phenoxy) is 1. The Bertz CT molecular complexity index is 467. The van der Waals surface area contributed by atoms with Crippen molar-refractivity contribution in [3.63, 3.8) is 0 Å². The third-order valence-corrected chi connectivity index (χ3v) is 3.00. The zero-order valence-corrected chi connectivity index (χ0v) is 9.87. The van der Waals surface area contributed by atoms with Gasteiger partial charge in [-0.1, -0.05) is 0 Å². The fourth-order valence-corrected chi connectivity index (χ4v) is 1.96. The second kappa shape index (κ2) is 5.30. The van der Waals surface area contributed by atoms with Gasteiger partial charge in [-0.3, -0.25) is 0 Å². The summed E-state index contributed by atoms with van der Waals surface area (Å²) in [6.45, 7) is 0.710. The molecule has 1 saturated heterocycles. The molecule has 0 spiro atoms. The van der Waals surface area contributed by atoms with Gasteiger partial charge in [0, 0.05) is 20.2 Å². The van der Waals surface area contributed by atoms with Crippen molar-refractivity contribution in [2.75, 3.05) is 25.5 Å². The number of hydrogen-bond acceptors (Lipinski definition) is 3. The Kier molecular flexibility index (Phi) is 3.91.